The maximum Gasteiger partial charge on any atom is 0.256 e. The van der Waals surface area contributed by atoms with Crippen molar-refractivity contribution >= 4 is 22.4 Å². The highest BCUT2D eigenvalue weighted by Crippen LogP contribution is 2.45. The molecule has 1 amide bonds. The largest absolute Gasteiger partial charge is 0.378 e. The predicted octanol–water partition coefficient (Wildman–Crippen LogP) is 4.34. The number of aromatic nitrogens is 2. The minimum atomic E-state index is -0.313. The van der Waals surface area contributed by atoms with Crippen LogP contribution in [0.2, 0.25) is 0 Å². The first-order chi connectivity index (χ1) is 15.5. The van der Waals surface area contributed by atoms with E-state index in [0.717, 1.165) is 60.8 Å². The first-order valence-electron chi connectivity index (χ1n) is 11.8. The van der Waals surface area contributed by atoms with Crippen molar-refractivity contribution in [3.05, 3.63) is 59.4 Å². The number of anilines is 1. The fourth-order valence-electron chi connectivity index (χ4n) is 5.94. The van der Waals surface area contributed by atoms with Crippen LogP contribution in [0, 0.1) is 5.41 Å². The number of benzene rings is 2. The van der Waals surface area contributed by atoms with Gasteiger partial charge in [-0.2, -0.15) is 5.10 Å². The van der Waals surface area contributed by atoms with Gasteiger partial charge in [-0.3, -0.25) is 14.4 Å². The van der Waals surface area contributed by atoms with E-state index in [1.807, 2.05) is 24.4 Å². The maximum absolute atomic E-state index is 12.2. The van der Waals surface area contributed by atoms with Crippen LogP contribution in [0.4, 0.5) is 5.69 Å². The number of piperidine rings is 1. The molecule has 1 saturated carbocycles. The summed E-state index contributed by atoms with van der Waals surface area (Å²) in [5, 5.41) is 20.6. The van der Waals surface area contributed by atoms with Crippen molar-refractivity contribution in [2.75, 3.05) is 18.4 Å². The van der Waals surface area contributed by atoms with Gasteiger partial charge in [0, 0.05) is 53.0 Å². The minimum Gasteiger partial charge on any atom is -0.378 e. The van der Waals surface area contributed by atoms with Crippen LogP contribution in [0.5, 0.6) is 0 Å². The Hall–Kier alpha value is -2.70. The van der Waals surface area contributed by atoms with E-state index in [2.05, 4.69) is 45.1 Å². The zero-order chi connectivity index (χ0) is 21.9. The Morgan fingerprint density at radius 1 is 1.19 bits per heavy atom. The molecule has 32 heavy (non-hydrogen) atoms. The van der Waals surface area contributed by atoms with E-state index < -0.39 is 0 Å². The number of carbonyl (C=O) groups excluding carboxylic acids is 1. The molecule has 1 saturated heterocycles. The highest BCUT2D eigenvalue weighted by molar-refractivity contribution is 6.24. The number of hydrogen-bond acceptors (Lipinski definition) is 4. The van der Waals surface area contributed by atoms with E-state index in [1.165, 1.54) is 17.7 Å². The number of carbonyl (C=O) groups is 1. The molecule has 166 valence electrons. The monoisotopic (exact) mass is 430 g/mol. The lowest BCUT2D eigenvalue weighted by Crippen LogP contribution is -2.52. The van der Waals surface area contributed by atoms with Crippen molar-refractivity contribution in [2.24, 2.45) is 5.41 Å². The average Bonchev–Trinajstić information content (AvgIpc) is 3.39. The third kappa shape index (κ3) is 3.08. The fraction of sp³-hybridized carbons (Fsp3) is 0.462. The number of aliphatic hydroxyl groups excluding tert-OH is 1. The summed E-state index contributed by atoms with van der Waals surface area (Å²) in [4.78, 5) is 14.5. The molecule has 1 aliphatic carbocycles. The van der Waals surface area contributed by atoms with Crippen LogP contribution in [0.25, 0.3) is 10.8 Å². The van der Waals surface area contributed by atoms with E-state index >= 15 is 0 Å². The standard InChI is InChI=1S/C26H30N4O2/c1-26(11-3-12-26)25(32)29-14-9-17(10-15-29)22-8-13-27-30(22)16-18-6-7-21-23-19(18)4-2-5-20(23)24(31)28-21/h2,4-8,13,17,25,32H,3,9-12,14-16H2,1H3,(H,28,31). The second-order valence-corrected chi connectivity index (χ2v) is 10.1. The van der Waals surface area contributed by atoms with Gasteiger partial charge in [0.15, 0.2) is 0 Å². The Balaban J connectivity index is 1.21. The van der Waals surface area contributed by atoms with Crippen LogP contribution in [0.3, 0.4) is 0 Å². The van der Waals surface area contributed by atoms with Gasteiger partial charge in [-0.15, -0.1) is 0 Å². The van der Waals surface area contributed by atoms with Crippen molar-refractivity contribution in [2.45, 2.75) is 57.7 Å². The molecule has 2 fully saturated rings. The summed E-state index contributed by atoms with van der Waals surface area (Å²) in [7, 11) is 0. The average molecular weight is 431 g/mol. The lowest BCUT2D eigenvalue weighted by molar-refractivity contribution is -0.126. The smallest absolute Gasteiger partial charge is 0.256 e. The Bertz CT molecular complexity index is 1190. The molecule has 1 aromatic heterocycles. The van der Waals surface area contributed by atoms with Crippen molar-refractivity contribution in [1.82, 2.24) is 14.7 Å². The van der Waals surface area contributed by atoms with Gasteiger partial charge < -0.3 is 10.4 Å². The molecule has 0 bridgehead atoms. The number of nitrogens with one attached hydrogen (secondary N) is 1. The molecule has 0 spiro atoms. The summed E-state index contributed by atoms with van der Waals surface area (Å²) in [5.74, 6) is 0.433. The van der Waals surface area contributed by atoms with E-state index in [0.29, 0.717) is 12.5 Å². The topological polar surface area (TPSA) is 70.4 Å². The summed E-state index contributed by atoms with van der Waals surface area (Å²) in [6.45, 7) is 4.78. The summed E-state index contributed by atoms with van der Waals surface area (Å²) in [5.41, 5.74) is 4.19. The maximum atomic E-state index is 12.2. The van der Waals surface area contributed by atoms with Crippen LogP contribution < -0.4 is 5.32 Å². The molecule has 6 rings (SSSR count). The van der Waals surface area contributed by atoms with Gasteiger partial charge in [0.1, 0.15) is 6.23 Å². The third-order valence-corrected chi connectivity index (χ3v) is 8.11. The molecule has 3 aromatic rings. The Morgan fingerprint density at radius 3 is 2.75 bits per heavy atom. The van der Waals surface area contributed by atoms with Crippen LogP contribution >= 0.6 is 0 Å². The summed E-state index contributed by atoms with van der Waals surface area (Å²) in [6.07, 6.45) is 7.18. The van der Waals surface area contributed by atoms with Crippen LogP contribution in [-0.4, -0.2) is 45.0 Å². The molecule has 2 aromatic carbocycles. The number of rotatable bonds is 5. The number of aliphatic hydroxyl groups is 1. The minimum absolute atomic E-state index is 0.0211. The highest BCUT2D eigenvalue weighted by atomic mass is 16.3. The van der Waals surface area contributed by atoms with E-state index in [1.54, 1.807) is 0 Å². The second-order valence-electron chi connectivity index (χ2n) is 10.1. The molecule has 1 atom stereocenters. The Morgan fingerprint density at radius 2 is 2.00 bits per heavy atom. The second kappa shape index (κ2) is 7.42. The van der Waals surface area contributed by atoms with Crippen molar-refractivity contribution < 1.29 is 9.90 Å². The molecule has 3 heterocycles. The first kappa shape index (κ1) is 19.9. The van der Waals surface area contributed by atoms with Gasteiger partial charge in [0.2, 0.25) is 0 Å². The number of nitrogens with zero attached hydrogens (tertiary/aromatic N) is 3. The predicted molar refractivity (Wildman–Crippen MR) is 125 cm³/mol. The van der Waals surface area contributed by atoms with Gasteiger partial charge in [0.05, 0.1) is 6.54 Å². The number of hydrogen-bond donors (Lipinski definition) is 2. The number of likely N-dealkylation sites (tertiary alicyclic amines) is 1. The fourth-order valence-corrected chi connectivity index (χ4v) is 5.94. The SMILES string of the molecule is CC1(C(O)N2CCC(c3ccnn3Cc3ccc4c5c(cccc35)C(=O)N4)CC2)CCC1. The molecule has 6 heteroatoms. The van der Waals surface area contributed by atoms with E-state index in [-0.39, 0.29) is 17.6 Å². The zero-order valence-corrected chi connectivity index (χ0v) is 18.6. The quantitative estimate of drug-likeness (QED) is 0.632. The lowest BCUT2D eigenvalue weighted by Gasteiger charge is -2.48. The molecular weight excluding hydrogens is 400 g/mol. The van der Waals surface area contributed by atoms with Crippen molar-refractivity contribution in [1.29, 1.82) is 0 Å². The first-order valence-corrected chi connectivity index (χ1v) is 11.8. The van der Waals surface area contributed by atoms with Crippen molar-refractivity contribution in [3.8, 4) is 0 Å². The summed E-state index contributed by atoms with van der Waals surface area (Å²) < 4.78 is 2.12. The summed E-state index contributed by atoms with van der Waals surface area (Å²) >= 11 is 0. The van der Waals surface area contributed by atoms with Gasteiger partial charge in [-0.25, -0.2) is 0 Å². The third-order valence-electron chi connectivity index (χ3n) is 8.11. The molecular formula is C26H30N4O2. The van der Waals surface area contributed by atoms with Gasteiger partial charge in [0.25, 0.3) is 5.91 Å². The van der Waals surface area contributed by atoms with Crippen molar-refractivity contribution in [3.63, 3.8) is 0 Å². The molecule has 2 aliphatic heterocycles. The highest BCUT2D eigenvalue weighted by Gasteiger charge is 2.42. The molecule has 0 radical (unpaired) electrons. The Kier molecular flexibility index (Phi) is 4.63. The Labute approximate surface area is 188 Å². The van der Waals surface area contributed by atoms with Gasteiger partial charge in [-0.05, 0) is 54.8 Å². The lowest BCUT2D eigenvalue weighted by atomic mass is 9.68. The molecule has 3 aliphatic rings. The van der Waals surface area contributed by atoms with Gasteiger partial charge in [-0.1, -0.05) is 31.5 Å². The zero-order valence-electron chi connectivity index (χ0n) is 18.6. The molecule has 1 unspecified atom stereocenters. The summed E-state index contributed by atoms with van der Waals surface area (Å²) in [6, 6.07) is 12.2. The van der Waals surface area contributed by atoms with E-state index in [9.17, 15) is 9.90 Å². The van der Waals surface area contributed by atoms with Crippen LogP contribution in [0.1, 0.15) is 66.6 Å². The normalized spacial score (nSPS) is 21.5. The van der Waals surface area contributed by atoms with Gasteiger partial charge >= 0.3 is 0 Å². The van der Waals surface area contributed by atoms with Crippen LogP contribution in [0.15, 0.2) is 42.6 Å². The number of amides is 1. The molecule has 2 N–H and O–H groups in total. The van der Waals surface area contributed by atoms with Crippen LogP contribution in [-0.2, 0) is 6.54 Å². The van der Waals surface area contributed by atoms with E-state index in [4.69, 9.17) is 0 Å². The molecule has 6 nitrogen and oxygen atoms in total.